The molecule has 0 fully saturated rings. The van der Waals surface area contributed by atoms with E-state index in [1.165, 1.54) is 25.3 Å². The van der Waals surface area contributed by atoms with Gasteiger partial charge in [0.1, 0.15) is 17.9 Å². The van der Waals surface area contributed by atoms with Gasteiger partial charge in [-0.15, -0.1) is 0 Å². The maximum Gasteiger partial charge on any atom is 0.344 e. The van der Waals surface area contributed by atoms with Gasteiger partial charge >= 0.3 is 5.97 Å². The molecule has 1 aromatic carbocycles. The second-order valence-electron chi connectivity index (χ2n) is 3.27. The van der Waals surface area contributed by atoms with Gasteiger partial charge in [0.2, 0.25) is 0 Å². The van der Waals surface area contributed by atoms with Gasteiger partial charge in [-0.2, -0.15) is 0 Å². The Bertz CT molecular complexity index is 445. The van der Waals surface area contributed by atoms with E-state index in [1.807, 2.05) is 0 Å². The molecule has 18 heavy (non-hydrogen) atoms. The SMILES string of the molecule is COCCOc1ccc(C(=O)OC)c([N+](=O)[O-])c1. The standard InChI is InChI=1S/C11H13NO6/c1-16-5-6-18-8-3-4-9(11(13)17-2)10(7-8)12(14)15/h3-4,7H,5-6H2,1-2H3. The first kappa shape index (κ1) is 13.9. The third-order valence-electron chi connectivity index (χ3n) is 2.13. The third-order valence-corrected chi connectivity index (χ3v) is 2.13. The molecule has 0 aromatic heterocycles. The van der Waals surface area contributed by atoms with Crippen LogP contribution >= 0.6 is 0 Å². The number of nitro groups is 1. The molecule has 7 heteroatoms. The van der Waals surface area contributed by atoms with E-state index in [0.29, 0.717) is 12.4 Å². The molecule has 0 bridgehead atoms. The Morgan fingerprint density at radius 2 is 2.06 bits per heavy atom. The van der Waals surface area contributed by atoms with E-state index in [4.69, 9.17) is 9.47 Å². The molecule has 7 nitrogen and oxygen atoms in total. The van der Waals surface area contributed by atoms with Crippen LogP contribution in [0.15, 0.2) is 18.2 Å². The molecule has 98 valence electrons. The molecule has 0 aliphatic heterocycles. The van der Waals surface area contributed by atoms with E-state index in [9.17, 15) is 14.9 Å². The van der Waals surface area contributed by atoms with Crippen molar-refractivity contribution >= 4 is 11.7 Å². The number of esters is 1. The topological polar surface area (TPSA) is 87.9 Å². The summed E-state index contributed by atoms with van der Waals surface area (Å²) in [6.07, 6.45) is 0. The number of methoxy groups -OCH3 is 2. The van der Waals surface area contributed by atoms with Crippen molar-refractivity contribution in [3.8, 4) is 5.75 Å². The Hall–Kier alpha value is -2.15. The van der Waals surface area contributed by atoms with Gasteiger partial charge in [0.15, 0.2) is 0 Å². The average molecular weight is 255 g/mol. The molecule has 0 amide bonds. The Kier molecular flexibility index (Phi) is 5.06. The van der Waals surface area contributed by atoms with Crippen molar-refractivity contribution in [3.05, 3.63) is 33.9 Å². The van der Waals surface area contributed by atoms with E-state index in [-0.39, 0.29) is 17.9 Å². The predicted octanol–water partition coefficient (Wildman–Crippen LogP) is 1.41. The molecule has 1 aromatic rings. The minimum atomic E-state index is -0.759. The van der Waals surface area contributed by atoms with Crippen LogP contribution in [0.5, 0.6) is 5.75 Å². The summed E-state index contributed by atoms with van der Waals surface area (Å²) in [4.78, 5) is 21.5. The van der Waals surface area contributed by atoms with E-state index >= 15 is 0 Å². The number of benzene rings is 1. The highest BCUT2D eigenvalue weighted by Crippen LogP contribution is 2.25. The number of hydrogen-bond donors (Lipinski definition) is 0. The van der Waals surface area contributed by atoms with E-state index in [1.54, 1.807) is 0 Å². The number of ether oxygens (including phenoxy) is 3. The Balaban J connectivity index is 2.96. The highest BCUT2D eigenvalue weighted by atomic mass is 16.6. The van der Waals surface area contributed by atoms with Crippen LogP contribution in [0.4, 0.5) is 5.69 Å². The molecule has 0 heterocycles. The van der Waals surface area contributed by atoms with Crippen LogP contribution < -0.4 is 4.74 Å². The van der Waals surface area contributed by atoms with Crippen molar-refractivity contribution in [1.82, 2.24) is 0 Å². The van der Waals surface area contributed by atoms with Crippen LogP contribution in [0.25, 0.3) is 0 Å². The summed E-state index contributed by atoms with van der Waals surface area (Å²) in [5, 5.41) is 10.8. The zero-order chi connectivity index (χ0) is 13.5. The van der Waals surface area contributed by atoms with Crippen LogP contribution in [0.3, 0.4) is 0 Å². The second-order valence-corrected chi connectivity index (χ2v) is 3.27. The molecule has 0 unspecified atom stereocenters. The first-order valence-electron chi connectivity index (χ1n) is 5.08. The highest BCUT2D eigenvalue weighted by molar-refractivity contribution is 5.94. The van der Waals surface area contributed by atoms with Gasteiger partial charge in [-0.3, -0.25) is 10.1 Å². The smallest absolute Gasteiger partial charge is 0.344 e. The van der Waals surface area contributed by atoms with Crippen LogP contribution in [0.1, 0.15) is 10.4 Å². The summed E-state index contributed by atoms with van der Waals surface area (Å²) in [5.41, 5.74) is -0.460. The summed E-state index contributed by atoms with van der Waals surface area (Å²) < 4.78 is 14.5. The number of nitrogens with zero attached hydrogens (tertiary/aromatic N) is 1. The number of carbonyl (C=O) groups is 1. The lowest BCUT2D eigenvalue weighted by Crippen LogP contribution is -2.08. The maximum atomic E-state index is 11.3. The summed E-state index contributed by atoms with van der Waals surface area (Å²) in [7, 11) is 2.68. The third kappa shape index (κ3) is 3.42. The lowest BCUT2D eigenvalue weighted by molar-refractivity contribution is -0.385. The average Bonchev–Trinajstić information content (AvgIpc) is 2.38. The predicted molar refractivity (Wildman–Crippen MR) is 61.8 cm³/mol. The minimum Gasteiger partial charge on any atom is -0.491 e. The van der Waals surface area contributed by atoms with Gasteiger partial charge < -0.3 is 14.2 Å². The van der Waals surface area contributed by atoms with Gasteiger partial charge in [0, 0.05) is 7.11 Å². The first-order chi connectivity index (χ1) is 8.60. The summed E-state index contributed by atoms with van der Waals surface area (Å²) in [6, 6.07) is 3.95. The van der Waals surface area contributed by atoms with E-state index < -0.39 is 10.9 Å². The molecule has 0 radical (unpaired) electrons. The molecule has 0 atom stereocenters. The fraction of sp³-hybridized carbons (Fsp3) is 0.364. The van der Waals surface area contributed by atoms with Gasteiger partial charge in [-0.25, -0.2) is 4.79 Å². The highest BCUT2D eigenvalue weighted by Gasteiger charge is 2.21. The fourth-order valence-corrected chi connectivity index (χ4v) is 1.28. The van der Waals surface area contributed by atoms with Crippen LogP contribution in [0.2, 0.25) is 0 Å². The number of rotatable bonds is 6. The van der Waals surface area contributed by atoms with Crippen molar-refractivity contribution < 1.29 is 23.9 Å². The minimum absolute atomic E-state index is 0.110. The van der Waals surface area contributed by atoms with Crippen molar-refractivity contribution in [1.29, 1.82) is 0 Å². The lowest BCUT2D eigenvalue weighted by atomic mass is 10.1. The Morgan fingerprint density at radius 3 is 2.61 bits per heavy atom. The van der Waals surface area contributed by atoms with E-state index in [0.717, 1.165) is 7.11 Å². The monoisotopic (exact) mass is 255 g/mol. The molecule has 0 aliphatic rings. The lowest BCUT2D eigenvalue weighted by Gasteiger charge is -2.06. The summed E-state index contributed by atoms with van der Waals surface area (Å²) in [5.74, 6) is -0.462. The largest absolute Gasteiger partial charge is 0.491 e. The molecule has 0 aliphatic carbocycles. The number of carbonyl (C=O) groups excluding carboxylic acids is 1. The maximum absolute atomic E-state index is 11.3. The van der Waals surface area contributed by atoms with Crippen molar-refractivity contribution in [2.24, 2.45) is 0 Å². The number of hydrogen-bond acceptors (Lipinski definition) is 6. The zero-order valence-corrected chi connectivity index (χ0v) is 10.0. The molecule has 0 saturated heterocycles. The molecule has 0 saturated carbocycles. The van der Waals surface area contributed by atoms with Gasteiger partial charge in [0.25, 0.3) is 5.69 Å². The normalized spacial score (nSPS) is 9.89. The molecule has 0 spiro atoms. The van der Waals surface area contributed by atoms with Gasteiger partial charge in [-0.05, 0) is 12.1 Å². The Morgan fingerprint density at radius 1 is 1.33 bits per heavy atom. The first-order valence-corrected chi connectivity index (χ1v) is 5.08. The van der Waals surface area contributed by atoms with Crippen LogP contribution in [-0.4, -0.2) is 38.3 Å². The fourth-order valence-electron chi connectivity index (χ4n) is 1.28. The second kappa shape index (κ2) is 6.55. The van der Waals surface area contributed by atoms with Crippen molar-refractivity contribution in [2.75, 3.05) is 27.4 Å². The molecular formula is C11H13NO6. The van der Waals surface area contributed by atoms with Crippen molar-refractivity contribution in [3.63, 3.8) is 0 Å². The van der Waals surface area contributed by atoms with E-state index in [2.05, 4.69) is 4.74 Å². The van der Waals surface area contributed by atoms with Crippen LogP contribution in [-0.2, 0) is 9.47 Å². The Labute approximate surface area is 103 Å². The molecular weight excluding hydrogens is 242 g/mol. The van der Waals surface area contributed by atoms with Gasteiger partial charge in [0.05, 0.1) is 24.7 Å². The molecule has 1 rings (SSSR count). The summed E-state index contributed by atoms with van der Waals surface area (Å²) in [6.45, 7) is 0.637. The number of nitro benzene ring substituents is 1. The van der Waals surface area contributed by atoms with Gasteiger partial charge in [-0.1, -0.05) is 0 Å². The molecule has 0 N–H and O–H groups in total. The summed E-state index contributed by atoms with van der Waals surface area (Å²) >= 11 is 0. The van der Waals surface area contributed by atoms with Crippen LogP contribution in [0, 0.1) is 10.1 Å². The zero-order valence-electron chi connectivity index (χ0n) is 10.0. The van der Waals surface area contributed by atoms with Crippen molar-refractivity contribution in [2.45, 2.75) is 0 Å². The quantitative estimate of drug-likeness (QED) is 0.330.